The number of esters is 4. The second kappa shape index (κ2) is 17.4. The predicted octanol–water partition coefficient (Wildman–Crippen LogP) is 5.37. The Morgan fingerprint density at radius 3 is 1.72 bits per heavy atom. The number of hydrogen-bond acceptors (Lipinski definition) is 14. The van der Waals surface area contributed by atoms with E-state index in [0.717, 1.165) is 52.6 Å². The summed E-state index contributed by atoms with van der Waals surface area (Å²) in [5.41, 5.74) is 1.94. The summed E-state index contributed by atoms with van der Waals surface area (Å²) in [6, 6.07) is 2.18. The molecule has 0 saturated carbocycles. The molecule has 3 aromatic rings. The molecular weight excluding hydrogens is 779 g/mol. The van der Waals surface area contributed by atoms with Gasteiger partial charge in [0.1, 0.15) is 16.0 Å². The largest absolute Gasteiger partial charge is 0.462 e. The molecule has 4 amide bonds. The van der Waals surface area contributed by atoms with Gasteiger partial charge in [0, 0.05) is 9.75 Å². The number of imide groups is 1. The highest BCUT2D eigenvalue weighted by atomic mass is 32.1. The predicted molar refractivity (Wildman–Crippen MR) is 208 cm³/mol. The maximum Gasteiger partial charge on any atom is 0.341 e. The van der Waals surface area contributed by atoms with E-state index in [1.165, 1.54) is 41.7 Å². The Balaban J connectivity index is 1.05. The molecule has 15 nitrogen and oxygen atoms in total. The summed E-state index contributed by atoms with van der Waals surface area (Å²) >= 11 is 2.57. The minimum atomic E-state index is -1.44. The van der Waals surface area contributed by atoms with E-state index < -0.39 is 66.8 Å². The Hall–Kier alpha value is -5.42. The van der Waals surface area contributed by atoms with E-state index in [9.17, 15) is 38.4 Å². The number of benzene rings is 1. The molecule has 3 atom stereocenters. The van der Waals surface area contributed by atoms with Crippen molar-refractivity contribution in [3.05, 3.63) is 66.9 Å². The van der Waals surface area contributed by atoms with Crippen LogP contribution in [-0.4, -0.2) is 84.9 Å². The average Bonchev–Trinajstić information content (AvgIpc) is 3.79. The highest BCUT2D eigenvalue weighted by Gasteiger charge is 2.42. The van der Waals surface area contributed by atoms with Gasteiger partial charge in [0.15, 0.2) is 13.2 Å². The number of carbonyl (C=O) groups excluding carboxylic acids is 8. The summed E-state index contributed by atoms with van der Waals surface area (Å²) < 4.78 is 20.9. The molecule has 2 aromatic heterocycles. The number of thiophene rings is 2. The van der Waals surface area contributed by atoms with E-state index in [2.05, 4.69) is 24.5 Å². The van der Waals surface area contributed by atoms with E-state index in [4.69, 9.17) is 18.9 Å². The first kappa shape index (κ1) is 41.2. The molecule has 2 N–H and O–H groups in total. The molecule has 6 rings (SSSR count). The van der Waals surface area contributed by atoms with Crippen molar-refractivity contribution in [1.29, 1.82) is 0 Å². The van der Waals surface area contributed by atoms with Crippen LogP contribution in [0, 0.1) is 11.8 Å². The zero-order chi connectivity index (χ0) is 41.1. The van der Waals surface area contributed by atoms with Crippen LogP contribution in [-0.2, 0) is 59.0 Å². The number of fused-ring (bicyclic) bond motifs is 3. The first-order valence-corrected chi connectivity index (χ1v) is 20.4. The van der Waals surface area contributed by atoms with Crippen molar-refractivity contribution in [2.45, 2.75) is 79.2 Å². The lowest BCUT2D eigenvalue weighted by atomic mass is 9.88. The Labute approximate surface area is 336 Å². The van der Waals surface area contributed by atoms with Crippen LogP contribution in [0.2, 0.25) is 0 Å². The lowest BCUT2D eigenvalue weighted by Gasteiger charge is -2.20. The van der Waals surface area contributed by atoms with Crippen molar-refractivity contribution in [1.82, 2.24) is 4.90 Å². The molecule has 3 heterocycles. The van der Waals surface area contributed by atoms with E-state index >= 15 is 0 Å². The van der Waals surface area contributed by atoms with Crippen LogP contribution in [0.1, 0.15) is 120 Å². The topological polar surface area (TPSA) is 201 Å². The van der Waals surface area contributed by atoms with Gasteiger partial charge >= 0.3 is 23.9 Å². The van der Waals surface area contributed by atoms with Crippen LogP contribution >= 0.6 is 22.7 Å². The maximum absolute atomic E-state index is 13.4. The Morgan fingerprint density at radius 1 is 0.719 bits per heavy atom. The first-order chi connectivity index (χ1) is 27.2. The summed E-state index contributed by atoms with van der Waals surface area (Å²) in [7, 11) is 0. The molecule has 17 heteroatoms. The van der Waals surface area contributed by atoms with Gasteiger partial charge in [-0.05, 0) is 100 Å². The summed E-state index contributed by atoms with van der Waals surface area (Å²) in [5.74, 6) is -5.35. The van der Waals surface area contributed by atoms with E-state index in [0.29, 0.717) is 50.7 Å². The summed E-state index contributed by atoms with van der Waals surface area (Å²) in [5, 5.41) is 5.95. The molecular formula is C40H43N3O12S2. The SMILES string of the molecule is CCOC(=O)c1c(NC(=O)COC(=O)c2ccc3c(c2)C(=O)N([C@H](C)C(=O)OCC(=O)Nc2sc4c(c2C(=O)OCC)CC[C@H](C)C4)C3=O)sc2c1CC[C@@H](C)C2. The number of ether oxygens (including phenoxy) is 4. The molecule has 0 unspecified atom stereocenters. The number of amides is 4. The van der Waals surface area contributed by atoms with Crippen molar-refractivity contribution in [3.8, 4) is 0 Å². The molecule has 1 aromatic carbocycles. The van der Waals surface area contributed by atoms with Crippen molar-refractivity contribution >= 4 is 80.2 Å². The molecule has 57 heavy (non-hydrogen) atoms. The Kier molecular flexibility index (Phi) is 12.6. The van der Waals surface area contributed by atoms with Crippen molar-refractivity contribution in [2.75, 3.05) is 37.1 Å². The Morgan fingerprint density at radius 2 is 1.21 bits per heavy atom. The molecule has 0 spiro atoms. The standard InChI is InChI=1S/C40H43N3O12S2/c1-6-52-39(50)31-24-11-8-19(3)14-27(24)56-33(31)41-29(44)17-54-37(48)21(5)43-35(46)23-13-10-22(16-26(23)36(43)47)38(49)55-18-30(45)42-34-32(40(51)53-7-2)25-12-9-20(4)15-28(25)57-34/h10,13,16,19-21H,6-9,11-12,14-15,17-18H2,1-5H3,(H,41,44)(H,42,45)/t19-,20+,21+/m0/s1. The second-order valence-corrected chi connectivity index (χ2v) is 16.5. The van der Waals surface area contributed by atoms with Gasteiger partial charge in [-0.1, -0.05) is 13.8 Å². The van der Waals surface area contributed by atoms with Gasteiger partial charge in [-0.15, -0.1) is 22.7 Å². The Bertz CT molecular complexity index is 2170. The normalized spacial score (nSPS) is 17.5. The number of anilines is 2. The van der Waals surface area contributed by atoms with Crippen LogP contribution in [0.5, 0.6) is 0 Å². The molecule has 2 aliphatic carbocycles. The van der Waals surface area contributed by atoms with Gasteiger partial charge in [0.25, 0.3) is 23.6 Å². The number of rotatable bonds is 13. The fraction of sp³-hybridized carbons (Fsp3) is 0.450. The summed E-state index contributed by atoms with van der Waals surface area (Å²) in [4.78, 5) is 107. The fourth-order valence-corrected chi connectivity index (χ4v) is 9.99. The quantitative estimate of drug-likeness (QED) is 0.127. The zero-order valence-electron chi connectivity index (χ0n) is 32.2. The lowest BCUT2D eigenvalue weighted by molar-refractivity contribution is -0.150. The van der Waals surface area contributed by atoms with Gasteiger partial charge in [0.2, 0.25) is 0 Å². The van der Waals surface area contributed by atoms with Crippen LogP contribution < -0.4 is 10.6 Å². The third-order valence-electron chi connectivity index (χ3n) is 10.1. The minimum absolute atomic E-state index is 0.0726. The van der Waals surface area contributed by atoms with Gasteiger partial charge in [-0.25, -0.2) is 19.2 Å². The smallest absolute Gasteiger partial charge is 0.341 e. The number of carbonyl (C=O) groups is 8. The van der Waals surface area contributed by atoms with Crippen LogP contribution in [0.3, 0.4) is 0 Å². The molecule has 0 bridgehead atoms. The molecule has 0 saturated heterocycles. The van der Waals surface area contributed by atoms with Crippen LogP contribution in [0.25, 0.3) is 0 Å². The van der Waals surface area contributed by atoms with Gasteiger partial charge in [-0.2, -0.15) is 0 Å². The highest BCUT2D eigenvalue weighted by Crippen LogP contribution is 2.41. The van der Waals surface area contributed by atoms with Gasteiger partial charge in [-0.3, -0.25) is 24.1 Å². The van der Waals surface area contributed by atoms with E-state index in [1.54, 1.807) is 13.8 Å². The highest BCUT2D eigenvalue weighted by molar-refractivity contribution is 7.17. The number of nitrogens with one attached hydrogen (secondary N) is 2. The summed E-state index contributed by atoms with van der Waals surface area (Å²) in [6.45, 7) is 7.73. The molecule has 0 radical (unpaired) electrons. The van der Waals surface area contributed by atoms with Crippen LogP contribution in [0.4, 0.5) is 10.0 Å². The second-order valence-electron chi connectivity index (χ2n) is 14.2. The van der Waals surface area contributed by atoms with Gasteiger partial charge in [0.05, 0.1) is 41.0 Å². The van der Waals surface area contributed by atoms with Crippen LogP contribution in [0.15, 0.2) is 18.2 Å². The van der Waals surface area contributed by atoms with Crippen molar-refractivity contribution in [2.24, 2.45) is 11.8 Å². The van der Waals surface area contributed by atoms with Crippen molar-refractivity contribution < 1.29 is 57.3 Å². The molecule has 302 valence electrons. The number of hydrogen-bond donors (Lipinski definition) is 2. The third kappa shape index (κ3) is 8.63. The molecule has 0 fully saturated rings. The van der Waals surface area contributed by atoms with E-state index in [1.807, 2.05) is 0 Å². The first-order valence-electron chi connectivity index (χ1n) is 18.8. The minimum Gasteiger partial charge on any atom is -0.462 e. The lowest BCUT2D eigenvalue weighted by Crippen LogP contribution is -2.44. The van der Waals surface area contributed by atoms with Crippen molar-refractivity contribution in [3.63, 3.8) is 0 Å². The van der Waals surface area contributed by atoms with Gasteiger partial charge < -0.3 is 29.6 Å². The monoisotopic (exact) mass is 821 g/mol. The number of nitrogens with zero attached hydrogens (tertiary/aromatic N) is 1. The molecule has 1 aliphatic heterocycles. The molecule has 3 aliphatic rings. The zero-order valence-corrected chi connectivity index (χ0v) is 33.8. The third-order valence-corrected chi connectivity index (χ3v) is 12.4. The average molecular weight is 822 g/mol. The fourth-order valence-electron chi connectivity index (χ4n) is 7.16. The van der Waals surface area contributed by atoms with E-state index in [-0.39, 0.29) is 29.9 Å². The maximum atomic E-state index is 13.4. The summed E-state index contributed by atoms with van der Waals surface area (Å²) in [6.07, 6.45) is 4.65.